The fourth-order valence-corrected chi connectivity index (χ4v) is 1.65. The van der Waals surface area contributed by atoms with Crippen LogP contribution in [0.1, 0.15) is 18.1 Å². The second kappa shape index (κ2) is 7.37. The van der Waals surface area contributed by atoms with Crippen molar-refractivity contribution < 1.29 is 9.13 Å². The average molecular weight is 240 g/mol. The maximum atomic E-state index is 13.9. The summed E-state index contributed by atoms with van der Waals surface area (Å²) in [6, 6.07) is 5.36. The van der Waals surface area contributed by atoms with Crippen LogP contribution in [0.5, 0.6) is 0 Å². The molecule has 1 rings (SSSR count). The largest absolute Gasteiger partial charge is 0.380 e. The zero-order valence-corrected chi connectivity index (χ0v) is 10.6. The molecule has 0 atom stereocenters. The number of benzene rings is 1. The molecule has 0 bridgehead atoms. The van der Waals surface area contributed by atoms with Crippen LogP contribution in [0.4, 0.5) is 4.39 Å². The van der Waals surface area contributed by atoms with E-state index in [2.05, 4.69) is 0 Å². The number of hydrogen-bond acceptors (Lipinski definition) is 3. The zero-order chi connectivity index (χ0) is 12.7. The fourth-order valence-electron chi connectivity index (χ4n) is 1.65. The number of halogens is 1. The van der Waals surface area contributed by atoms with E-state index in [9.17, 15) is 4.39 Å². The van der Waals surface area contributed by atoms with Crippen LogP contribution < -0.4 is 5.73 Å². The third-order valence-electron chi connectivity index (χ3n) is 2.64. The summed E-state index contributed by atoms with van der Waals surface area (Å²) in [5, 5.41) is 0. The molecule has 96 valence electrons. The molecule has 0 saturated heterocycles. The van der Waals surface area contributed by atoms with Crippen molar-refractivity contribution in [3.05, 3.63) is 35.1 Å². The number of ether oxygens (including phenoxy) is 1. The molecule has 3 nitrogen and oxygen atoms in total. The molecule has 0 unspecified atom stereocenters. The predicted octanol–water partition coefficient (Wildman–Crippen LogP) is 1.75. The van der Waals surface area contributed by atoms with Crippen LogP contribution in [0.3, 0.4) is 0 Å². The molecule has 0 aliphatic rings. The molecule has 0 aromatic heterocycles. The van der Waals surface area contributed by atoms with Gasteiger partial charge in [-0.05, 0) is 14.0 Å². The summed E-state index contributed by atoms with van der Waals surface area (Å²) in [7, 11) is 1.95. The van der Waals surface area contributed by atoms with Crippen LogP contribution in [-0.4, -0.2) is 31.7 Å². The quantitative estimate of drug-likeness (QED) is 0.738. The summed E-state index contributed by atoms with van der Waals surface area (Å²) in [4.78, 5) is 2.04. The number of hydrogen-bond donors (Lipinski definition) is 1. The molecule has 1 aromatic carbocycles. The molecule has 0 aliphatic carbocycles. The highest BCUT2D eigenvalue weighted by atomic mass is 19.1. The monoisotopic (exact) mass is 240 g/mol. The third-order valence-corrected chi connectivity index (χ3v) is 2.64. The SMILES string of the molecule is CCOCCN(C)Cc1cccc(CN)c1F. The summed E-state index contributed by atoms with van der Waals surface area (Å²) in [6.45, 7) is 4.95. The lowest BCUT2D eigenvalue weighted by molar-refractivity contribution is 0.120. The summed E-state index contributed by atoms with van der Waals surface area (Å²) >= 11 is 0. The highest BCUT2D eigenvalue weighted by molar-refractivity contribution is 5.25. The van der Waals surface area contributed by atoms with E-state index in [0.29, 0.717) is 30.9 Å². The lowest BCUT2D eigenvalue weighted by Gasteiger charge is -2.17. The van der Waals surface area contributed by atoms with Gasteiger partial charge in [0, 0.05) is 37.4 Å². The van der Waals surface area contributed by atoms with E-state index in [4.69, 9.17) is 10.5 Å². The zero-order valence-electron chi connectivity index (χ0n) is 10.6. The second-order valence-corrected chi connectivity index (χ2v) is 4.03. The Morgan fingerprint density at radius 3 is 2.71 bits per heavy atom. The standard InChI is InChI=1S/C13H21FN2O/c1-3-17-8-7-16(2)10-12-6-4-5-11(9-15)13(12)14/h4-6H,3,7-10,15H2,1-2H3. The van der Waals surface area contributed by atoms with Gasteiger partial charge in [0.15, 0.2) is 0 Å². The van der Waals surface area contributed by atoms with Gasteiger partial charge in [-0.15, -0.1) is 0 Å². The Morgan fingerprint density at radius 1 is 1.35 bits per heavy atom. The van der Waals surface area contributed by atoms with Gasteiger partial charge in [-0.2, -0.15) is 0 Å². The van der Waals surface area contributed by atoms with Gasteiger partial charge in [0.25, 0.3) is 0 Å². The van der Waals surface area contributed by atoms with E-state index in [0.717, 1.165) is 6.54 Å². The van der Waals surface area contributed by atoms with E-state index >= 15 is 0 Å². The molecular weight excluding hydrogens is 219 g/mol. The first-order valence-electron chi connectivity index (χ1n) is 5.91. The molecule has 0 saturated carbocycles. The van der Waals surface area contributed by atoms with Crippen LogP contribution in [0.2, 0.25) is 0 Å². The lowest BCUT2D eigenvalue weighted by Crippen LogP contribution is -2.23. The summed E-state index contributed by atoms with van der Waals surface area (Å²) < 4.78 is 19.1. The molecule has 17 heavy (non-hydrogen) atoms. The molecule has 0 fully saturated rings. The molecule has 0 amide bonds. The Labute approximate surface area is 102 Å². The Balaban J connectivity index is 2.55. The molecule has 1 aromatic rings. The predicted molar refractivity (Wildman–Crippen MR) is 67.1 cm³/mol. The van der Waals surface area contributed by atoms with Gasteiger partial charge in [0.2, 0.25) is 0 Å². The minimum atomic E-state index is -0.182. The maximum absolute atomic E-state index is 13.9. The third kappa shape index (κ3) is 4.42. The van der Waals surface area contributed by atoms with Crippen LogP contribution in [-0.2, 0) is 17.8 Å². The van der Waals surface area contributed by atoms with Gasteiger partial charge >= 0.3 is 0 Å². The number of nitrogens with zero attached hydrogens (tertiary/aromatic N) is 1. The van der Waals surface area contributed by atoms with Crippen molar-refractivity contribution in [1.82, 2.24) is 4.90 Å². The van der Waals surface area contributed by atoms with Crippen molar-refractivity contribution in [2.24, 2.45) is 5.73 Å². The molecule has 0 aliphatic heterocycles. The van der Waals surface area contributed by atoms with Crippen molar-refractivity contribution in [2.75, 3.05) is 26.8 Å². The van der Waals surface area contributed by atoms with Gasteiger partial charge in [-0.25, -0.2) is 4.39 Å². The molecule has 0 spiro atoms. The molecule has 0 radical (unpaired) electrons. The minimum Gasteiger partial charge on any atom is -0.380 e. The Kier molecular flexibility index (Phi) is 6.11. The number of rotatable bonds is 7. The number of nitrogens with two attached hydrogens (primary N) is 1. The van der Waals surface area contributed by atoms with Crippen molar-refractivity contribution in [3.63, 3.8) is 0 Å². The van der Waals surface area contributed by atoms with Crippen molar-refractivity contribution >= 4 is 0 Å². The van der Waals surface area contributed by atoms with Gasteiger partial charge in [-0.3, -0.25) is 4.90 Å². The maximum Gasteiger partial charge on any atom is 0.132 e. The van der Waals surface area contributed by atoms with Crippen LogP contribution in [0.15, 0.2) is 18.2 Å². The van der Waals surface area contributed by atoms with Crippen molar-refractivity contribution in [1.29, 1.82) is 0 Å². The topological polar surface area (TPSA) is 38.5 Å². The highest BCUT2D eigenvalue weighted by Gasteiger charge is 2.08. The molecule has 4 heteroatoms. The summed E-state index contributed by atoms with van der Waals surface area (Å²) in [5.41, 5.74) is 6.73. The Bertz CT molecular complexity index is 344. The summed E-state index contributed by atoms with van der Waals surface area (Å²) in [5.74, 6) is -0.182. The molecular formula is C13H21FN2O. The molecule has 2 N–H and O–H groups in total. The van der Waals surface area contributed by atoms with Gasteiger partial charge in [-0.1, -0.05) is 18.2 Å². The van der Waals surface area contributed by atoms with E-state index in [1.54, 1.807) is 12.1 Å². The lowest BCUT2D eigenvalue weighted by atomic mass is 10.1. The fraction of sp³-hybridized carbons (Fsp3) is 0.538. The van der Waals surface area contributed by atoms with Crippen LogP contribution >= 0.6 is 0 Å². The average Bonchev–Trinajstić information content (AvgIpc) is 2.32. The first-order chi connectivity index (χ1) is 8.19. The van der Waals surface area contributed by atoms with Gasteiger partial charge in [0.05, 0.1) is 6.61 Å². The van der Waals surface area contributed by atoms with E-state index in [1.807, 2.05) is 24.9 Å². The van der Waals surface area contributed by atoms with E-state index in [-0.39, 0.29) is 12.4 Å². The highest BCUT2D eigenvalue weighted by Crippen LogP contribution is 2.14. The van der Waals surface area contributed by atoms with Crippen LogP contribution in [0, 0.1) is 5.82 Å². The van der Waals surface area contributed by atoms with E-state index < -0.39 is 0 Å². The second-order valence-electron chi connectivity index (χ2n) is 4.03. The molecule has 0 heterocycles. The summed E-state index contributed by atoms with van der Waals surface area (Å²) in [6.07, 6.45) is 0. The minimum absolute atomic E-state index is 0.182. The van der Waals surface area contributed by atoms with Crippen molar-refractivity contribution in [3.8, 4) is 0 Å². The Morgan fingerprint density at radius 2 is 2.06 bits per heavy atom. The smallest absolute Gasteiger partial charge is 0.132 e. The van der Waals surface area contributed by atoms with Crippen molar-refractivity contribution in [2.45, 2.75) is 20.0 Å². The van der Waals surface area contributed by atoms with Crippen LogP contribution in [0.25, 0.3) is 0 Å². The van der Waals surface area contributed by atoms with Gasteiger partial charge < -0.3 is 10.5 Å². The normalized spacial score (nSPS) is 11.1. The first kappa shape index (κ1) is 14.1. The number of likely N-dealkylation sites (N-methyl/N-ethyl adjacent to an activating group) is 1. The Hall–Kier alpha value is -0.970. The first-order valence-corrected chi connectivity index (χ1v) is 5.91. The van der Waals surface area contributed by atoms with Gasteiger partial charge in [0.1, 0.15) is 5.82 Å². The van der Waals surface area contributed by atoms with E-state index in [1.165, 1.54) is 0 Å².